The first-order valence-electron chi connectivity index (χ1n) is 7.68. The van der Waals surface area contributed by atoms with Crippen LogP contribution in [0.25, 0.3) is 0 Å². The van der Waals surface area contributed by atoms with Crippen LogP contribution in [0.3, 0.4) is 0 Å². The molecule has 3 fully saturated rings. The van der Waals surface area contributed by atoms with Gasteiger partial charge in [0.05, 0.1) is 18.6 Å². The quantitative estimate of drug-likeness (QED) is 0.587. The number of ether oxygens (including phenoxy) is 3. The number of aliphatic hydroxyl groups excluding tert-OH is 1. The molecule has 0 aromatic carbocycles. The second-order valence-electron chi connectivity index (χ2n) is 7.22. The van der Waals surface area contributed by atoms with Crippen LogP contribution < -0.4 is 0 Å². The molecule has 0 bridgehead atoms. The van der Waals surface area contributed by atoms with Crippen LogP contribution in [0.1, 0.15) is 40.0 Å². The molecule has 2 aliphatic carbocycles. The largest absolute Gasteiger partial charge is 0.425 e. The number of epoxide rings is 1. The molecule has 21 heavy (non-hydrogen) atoms. The summed E-state index contributed by atoms with van der Waals surface area (Å²) in [5.41, 5.74) is 0.248. The van der Waals surface area contributed by atoms with Gasteiger partial charge in [0, 0.05) is 23.7 Å². The van der Waals surface area contributed by atoms with Crippen molar-refractivity contribution in [3.05, 3.63) is 11.1 Å². The molecule has 0 aromatic rings. The molecule has 116 valence electrons. The van der Waals surface area contributed by atoms with Gasteiger partial charge in [0.25, 0.3) is 0 Å². The topological polar surface area (TPSA) is 68.3 Å². The first kappa shape index (κ1) is 13.7. The fourth-order valence-electron chi connectivity index (χ4n) is 5.04. The Kier molecular flexibility index (Phi) is 2.42. The number of esters is 1. The van der Waals surface area contributed by atoms with E-state index in [-0.39, 0.29) is 6.10 Å². The number of rotatable bonds is 1. The molecule has 2 saturated carbocycles. The Labute approximate surface area is 124 Å². The summed E-state index contributed by atoms with van der Waals surface area (Å²) in [5, 5.41) is 11.1. The predicted octanol–water partition coefficient (Wildman–Crippen LogP) is 1.54. The lowest BCUT2D eigenvalue weighted by molar-refractivity contribution is -0.233. The minimum absolute atomic E-state index is 0.140. The number of fused-ring (bicyclic) bond motifs is 1. The molecule has 1 spiro atoms. The number of carbonyl (C=O) groups is 1. The van der Waals surface area contributed by atoms with Crippen molar-refractivity contribution in [3.63, 3.8) is 0 Å². The number of hydrogen-bond acceptors (Lipinski definition) is 5. The summed E-state index contributed by atoms with van der Waals surface area (Å²) in [6, 6.07) is 0. The van der Waals surface area contributed by atoms with Gasteiger partial charge in [-0.25, -0.2) is 4.79 Å². The maximum atomic E-state index is 12.0. The van der Waals surface area contributed by atoms with Crippen molar-refractivity contribution in [2.45, 2.75) is 63.6 Å². The molecule has 0 amide bonds. The maximum Gasteiger partial charge on any atom is 0.336 e. The van der Waals surface area contributed by atoms with Crippen LogP contribution in [-0.2, 0) is 19.0 Å². The minimum Gasteiger partial charge on any atom is -0.425 e. The second-order valence-corrected chi connectivity index (χ2v) is 7.22. The van der Waals surface area contributed by atoms with Gasteiger partial charge in [0.2, 0.25) is 5.79 Å². The van der Waals surface area contributed by atoms with E-state index in [1.54, 1.807) is 6.92 Å². The summed E-state index contributed by atoms with van der Waals surface area (Å²) in [6.45, 7) is 5.96. The molecule has 0 unspecified atom stereocenters. The first-order valence-corrected chi connectivity index (χ1v) is 7.68. The fraction of sp³-hybridized carbons (Fsp3) is 0.812. The van der Waals surface area contributed by atoms with Gasteiger partial charge < -0.3 is 19.3 Å². The molecular formula is C16H22O5. The van der Waals surface area contributed by atoms with Gasteiger partial charge >= 0.3 is 5.97 Å². The van der Waals surface area contributed by atoms with E-state index >= 15 is 0 Å². The Morgan fingerprint density at radius 3 is 2.76 bits per heavy atom. The molecule has 4 rings (SSSR count). The van der Waals surface area contributed by atoms with Crippen LogP contribution in [-0.4, -0.2) is 41.8 Å². The normalized spacial score (nSPS) is 54.7. The highest BCUT2D eigenvalue weighted by atomic mass is 16.7. The van der Waals surface area contributed by atoms with E-state index in [4.69, 9.17) is 14.2 Å². The van der Waals surface area contributed by atoms with Gasteiger partial charge in [-0.15, -0.1) is 0 Å². The second kappa shape index (κ2) is 3.70. The van der Waals surface area contributed by atoms with E-state index in [0.29, 0.717) is 23.5 Å². The number of carbonyl (C=O) groups excluding carboxylic acids is 1. The third-order valence-electron chi connectivity index (χ3n) is 6.66. The molecule has 0 radical (unpaired) electrons. The van der Waals surface area contributed by atoms with Crippen LogP contribution in [0.15, 0.2) is 11.1 Å². The van der Waals surface area contributed by atoms with Gasteiger partial charge in [-0.2, -0.15) is 0 Å². The average molecular weight is 294 g/mol. The number of aliphatic hydroxyl groups is 1. The Morgan fingerprint density at radius 1 is 1.38 bits per heavy atom. The fourth-order valence-corrected chi connectivity index (χ4v) is 5.04. The Hall–Kier alpha value is -0.910. The molecule has 0 aromatic heterocycles. The van der Waals surface area contributed by atoms with E-state index in [1.165, 1.54) is 7.11 Å². The van der Waals surface area contributed by atoms with Crippen molar-refractivity contribution in [2.75, 3.05) is 7.11 Å². The average Bonchev–Trinajstić information content (AvgIpc) is 3.09. The van der Waals surface area contributed by atoms with Crippen LogP contribution in [0.5, 0.6) is 0 Å². The lowest BCUT2D eigenvalue weighted by Crippen LogP contribution is -2.63. The van der Waals surface area contributed by atoms with Crippen LogP contribution in [0.4, 0.5) is 0 Å². The lowest BCUT2D eigenvalue weighted by Gasteiger charge is -2.54. The summed E-state index contributed by atoms with van der Waals surface area (Å²) in [7, 11) is 1.53. The van der Waals surface area contributed by atoms with Crippen LogP contribution >= 0.6 is 0 Å². The lowest BCUT2D eigenvalue weighted by atomic mass is 9.52. The highest BCUT2D eigenvalue weighted by molar-refractivity contribution is 5.92. The number of methoxy groups -OCH3 is 1. The van der Waals surface area contributed by atoms with Crippen LogP contribution in [0, 0.1) is 11.3 Å². The smallest absolute Gasteiger partial charge is 0.336 e. The van der Waals surface area contributed by atoms with Crippen LogP contribution in [0.2, 0.25) is 0 Å². The zero-order valence-corrected chi connectivity index (χ0v) is 12.9. The maximum absolute atomic E-state index is 12.0. The summed E-state index contributed by atoms with van der Waals surface area (Å²) in [5.74, 6) is -1.22. The molecule has 2 aliphatic heterocycles. The molecule has 1 saturated heterocycles. The molecule has 2 heterocycles. The third-order valence-corrected chi connectivity index (χ3v) is 6.66. The van der Waals surface area contributed by atoms with Crippen molar-refractivity contribution in [1.82, 2.24) is 0 Å². The Bertz CT molecular complexity index is 569. The van der Waals surface area contributed by atoms with Crippen molar-refractivity contribution < 1.29 is 24.1 Å². The molecule has 4 aliphatic rings. The molecular weight excluding hydrogens is 272 g/mol. The first-order chi connectivity index (χ1) is 9.82. The van der Waals surface area contributed by atoms with Gasteiger partial charge in [0.15, 0.2) is 0 Å². The van der Waals surface area contributed by atoms with Gasteiger partial charge in [-0.05, 0) is 25.7 Å². The SMILES string of the molecule is CO[C@@]12C[C@@]34O[C@@H]3CC[C@H](C)[C@@]4(C)[C@H](O)C1=C(C)C(=O)O2. The highest BCUT2D eigenvalue weighted by Crippen LogP contribution is 2.70. The standard InChI is InChI=1S/C16H22O5/c1-8-5-6-10-15(20-10)7-16(19-4)11(9(2)13(18)21-16)12(17)14(8,15)3/h8,10,12,17H,5-7H2,1-4H3/t8-,10+,12+,14-,15+,16+/m0/s1. The molecule has 1 N–H and O–H groups in total. The van der Waals surface area contributed by atoms with E-state index in [1.807, 2.05) is 0 Å². The van der Waals surface area contributed by atoms with Crippen molar-refractivity contribution in [1.29, 1.82) is 0 Å². The van der Waals surface area contributed by atoms with Gasteiger partial charge in [-0.1, -0.05) is 13.8 Å². The number of hydrogen-bond donors (Lipinski definition) is 1. The van der Waals surface area contributed by atoms with Crippen molar-refractivity contribution in [2.24, 2.45) is 11.3 Å². The van der Waals surface area contributed by atoms with E-state index < -0.39 is 28.9 Å². The van der Waals surface area contributed by atoms with E-state index in [9.17, 15) is 9.90 Å². The minimum atomic E-state index is -1.15. The molecule has 5 heteroatoms. The zero-order chi connectivity index (χ0) is 15.2. The highest BCUT2D eigenvalue weighted by Gasteiger charge is 2.79. The summed E-state index contributed by atoms with van der Waals surface area (Å²) in [6.07, 6.45) is 1.87. The summed E-state index contributed by atoms with van der Waals surface area (Å²) in [4.78, 5) is 12.0. The summed E-state index contributed by atoms with van der Waals surface area (Å²) >= 11 is 0. The predicted molar refractivity (Wildman–Crippen MR) is 73.3 cm³/mol. The Morgan fingerprint density at radius 2 is 2.10 bits per heavy atom. The van der Waals surface area contributed by atoms with Crippen molar-refractivity contribution >= 4 is 5.97 Å². The van der Waals surface area contributed by atoms with Crippen molar-refractivity contribution in [3.8, 4) is 0 Å². The summed E-state index contributed by atoms with van der Waals surface area (Å²) < 4.78 is 17.2. The monoisotopic (exact) mass is 294 g/mol. The van der Waals surface area contributed by atoms with E-state index in [2.05, 4.69) is 13.8 Å². The van der Waals surface area contributed by atoms with E-state index in [0.717, 1.165) is 12.8 Å². The van der Waals surface area contributed by atoms with Gasteiger partial charge in [-0.3, -0.25) is 0 Å². The zero-order valence-electron chi connectivity index (χ0n) is 12.9. The third kappa shape index (κ3) is 1.28. The Balaban J connectivity index is 1.90. The van der Waals surface area contributed by atoms with Gasteiger partial charge in [0.1, 0.15) is 5.60 Å². The molecule has 5 nitrogen and oxygen atoms in total. The molecule has 6 atom stereocenters.